The third kappa shape index (κ3) is 9.83. The van der Waals surface area contributed by atoms with E-state index >= 15 is 0 Å². The number of benzene rings is 1. The van der Waals surface area contributed by atoms with Crippen molar-refractivity contribution in [1.29, 1.82) is 0 Å². The van der Waals surface area contributed by atoms with Crippen LogP contribution in [0, 0.1) is 5.92 Å². The lowest BCUT2D eigenvalue weighted by atomic mass is 9.99. The first-order chi connectivity index (χ1) is 12.4. The Hall–Kier alpha value is -2.29. The first kappa shape index (κ1) is 22.8. The van der Waals surface area contributed by atoms with Gasteiger partial charge >= 0.3 is 22.2 Å². The summed E-state index contributed by atoms with van der Waals surface area (Å²) in [5.41, 5.74) is 0.124. The lowest BCUT2D eigenvalue weighted by molar-refractivity contribution is -0.147. The predicted octanol–water partition coefficient (Wildman–Crippen LogP) is 2.27. The lowest BCUT2D eigenvalue weighted by Gasteiger charge is -2.21. The molecule has 0 bridgehead atoms. The maximum Gasteiger partial charge on any atom is 0.407 e. The van der Waals surface area contributed by atoms with E-state index in [4.69, 9.17) is 13.7 Å². The Kier molecular flexibility index (Phi) is 8.08. The molecular weight excluding hydrogens is 374 g/mol. The summed E-state index contributed by atoms with van der Waals surface area (Å²) < 4.78 is 37.3. The van der Waals surface area contributed by atoms with Crippen LogP contribution in [0.2, 0.25) is 0 Å². The summed E-state index contributed by atoms with van der Waals surface area (Å²) in [6, 6.07) is 6.31. The first-order valence-corrected chi connectivity index (χ1v) is 10.3. The summed E-state index contributed by atoms with van der Waals surface area (Å²) in [6.45, 7) is 7.21. The second kappa shape index (κ2) is 9.59. The van der Waals surface area contributed by atoms with E-state index in [0.29, 0.717) is 6.42 Å². The average Bonchev–Trinajstić information content (AvgIpc) is 2.50. The molecule has 1 amide bonds. The fourth-order valence-electron chi connectivity index (χ4n) is 2.16. The van der Waals surface area contributed by atoms with E-state index < -0.39 is 33.7 Å². The molecule has 0 aliphatic rings. The first-order valence-electron chi connectivity index (χ1n) is 8.51. The van der Waals surface area contributed by atoms with E-state index in [0.717, 1.165) is 11.8 Å². The fraction of sp³-hybridized carbons (Fsp3) is 0.556. The minimum Gasteiger partial charge on any atom is -0.466 e. The molecule has 0 aliphatic carbocycles. The minimum absolute atomic E-state index is 0.0509. The zero-order chi connectivity index (χ0) is 20.7. The SMILES string of the molecule is CCOC(=O)C(CNC(=O)OC(C)(C)C)Cc1ccc(OS(C)(=O)=O)cc1. The summed E-state index contributed by atoms with van der Waals surface area (Å²) in [4.78, 5) is 24.0. The van der Waals surface area contributed by atoms with Gasteiger partial charge in [0.05, 0.1) is 18.8 Å². The number of amides is 1. The second-order valence-corrected chi connectivity index (χ2v) is 8.54. The van der Waals surface area contributed by atoms with Gasteiger partial charge in [0.2, 0.25) is 0 Å². The molecule has 152 valence electrons. The zero-order valence-electron chi connectivity index (χ0n) is 16.3. The molecule has 0 saturated heterocycles. The molecule has 0 aliphatic heterocycles. The van der Waals surface area contributed by atoms with Crippen molar-refractivity contribution >= 4 is 22.2 Å². The van der Waals surface area contributed by atoms with Gasteiger partial charge < -0.3 is 19.0 Å². The van der Waals surface area contributed by atoms with Crippen LogP contribution in [0.4, 0.5) is 4.79 Å². The van der Waals surface area contributed by atoms with Gasteiger partial charge in [-0.1, -0.05) is 12.1 Å². The normalized spacial score (nSPS) is 12.8. The quantitative estimate of drug-likeness (QED) is 0.526. The Balaban J connectivity index is 2.77. The van der Waals surface area contributed by atoms with Gasteiger partial charge in [0, 0.05) is 6.54 Å². The fourth-order valence-corrected chi connectivity index (χ4v) is 2.62. The molecule has 0 saturated carbocycles. The molecule has 0 heterocycles. The topological polar surface area (TPSA) is 108 Å². The number of alkyl carbamates (subject to hydrolysis) is 1. The Bertz CT molecular complexity index is 736. The molecule has 0 fully saturated rings. The Labute approximate surface area is 160 Å². The van der Waals surface area contributed by atoms with Crippen LogP contribution in [0.3, 0.4) is 0 Å². The van der Waals surface area contributed by atoms with Crippen LogP contribution in [0.5, 0.6) is 5.75 Å². The number of carbonyl (C=O) groups is 2. The van der Waals surface area contributed by atoms with E-state index in [2.05, 4.69) is 5.32 Å². The maximum absolute atomic E-state index is 12.2. The van der Waals surface area contributed by atoms with Crippen LogP contribution >= 0.6 is 0 Å². The zero-order valence-corrected chi connectivity index (χ0v) is 17.1. The highest BCUT2D eigenvalue weighted by molar-refractivity contribution is 7.86. The molecule has 1 rings (SSSR count). The highest BCUT2D eigenvalue weighted by Gasteiger charge is 2.23. The molecule has 1 unspecified atom stereocenters. The highest BCUT2D eigenvalue weighted by atomic mass is 32.2. The largest absolute Gasteiger partial charge is 0.466 e. The van der Waals surface area contributed by atoms with Crippen molar-refractivity contribution < 1.29 is 31.7 Å². The molecule has 0 radical (unpaired) electrons. The number of ether oxygens (including phenoxy) is 2. The van der Waals surface area contributed by atoms with E-state index in [-0.39, 0.29) is 18.9 Å². The molecule has 0 spiro atoms. The van der Waals surface area contributed by atoms with Crippen molar-refractivity contribution in [3.63, 3.8) is 0 Å². The maximum atomic E-state index is 12.2. The van der Waals surface area contributed by atoms with E-state index in [1.165, 1.54) is 12.1 Å². The van der Waals surface area contributed by atoms with E-state index in [1.54, 1.807) is 39.8 Å². The van der Waals surface area contributed by atoms with E-state index in [9.17, 15) is 18.0 Å². The van der Waals surface area contributed by atoms with Crippen LogP contribution in [0.1, 0.15) is 33.3 Å². The monoisotopic (exact) mass is 401 g/mol. The summed E-state index contributed by atoms with van der Waals surface area (Å²) in [5, 5.41) is 2.58. The number of rotatable bonds is 8. The molecule has 27 heavy (non-hydrogen) atoms. The molecule has 1 aromatic carbocycles. The van der Waals surface area contributed by atoms with Crippen molar-refractivity contribution in [2.75, 3.05) is 19.4 Å². The van der Waals surface area contributed by atoms with Gasteiger partial charge in [0.15, 0.2) is 0 Å². The van der Waals surface area contributed by atoms with Gasteiger partial charge in [0.25, 0.3) is 0 Å². The molecule has 1 N–H and O–H groups in total. The number of esters is 1. The molecule has 1 atom stereocenters. The summed E-state index contributed by atoms with van der Waals surface area (Å²) in [5.74, 6) is -0.870. The van der Waals surface area contributed by atoms with Crippen molar-refractivity contribution in [3.05, 3.63) is 29.8 Å². The van der Waals surface area contributed by atoms with Crippen LogP contribution in [0.15, 0.2) is 24.3 Å². The average molecular weight is 401 g/mol. The Morgan fingerprint density at radius 2 is 1.74 bits per heavy atom. The van der Waals surface area contributed by atoms with Crippen molar-refractivity contribution in [2.45, 2.75) is 39.7 Å². The van der Waals surface area contributed by atoms with E-state index in [1.807, 2.05) is 0 Å². The van der Waals surface area contributed by atoms with Crippen LogP contribution < -0.4 is 9.50 Å². The van der Waals surface area contributed by atoms with Crippen LogP contribution in [0.25, 0.3) is 0 Å². The van der Waals surface area contributed by atoms with Crippen molar-refractivity contribution in [2.24, 2.45) is 5.92 Å². The third-order valence-electron chi connectivity index (χ3n) is 3.16. The predicted molar refractivity (Wildman–Crippen MR) is 100.0 cm³/mol. The van der Waals surface area contributed by atoms with Crippen molar-refractivity contribution in [1.82, 2.24) is 5.32 Å². The van der Waals surface area contributed by atoms with Gasteiger partial charge in [0.1, 0.15) is 11.4 Å². The molecule has 1 aromatic rings. The molecular formula is C18H27NO7S. The van der Waals surface area contributed by atoms with Crippen LogP contribution in [-0.2, 0) is 30.8 Å². The number of carbonyl (C=O) groups excluding carboxylic acids is 2. The Morgan fingerprint density at radius 1 is 1.15 bits per heavy atom. The standard InChI is InChI=1S/C18H27NO7S/c1-6-24-16(20)14(12-19-17(21)25-18(2,3)4)11-13-7-9-15(10-8-13)26-27(5,22)23/h7-10,14H,6,11-12H2,1-5H3,(H,19,21). The van der Waals surface area contributed by atoms with Gasteiger partial charge in [-0.05, 0) is 51.8 Å². The summed E-state index contributed by atoms with van der Waals surface area (Å²) >= 11 is 0. The van der Waals surface area contributed by atoms with Crippen molar-refractivity contribution in [3.8, 4) is 5.75 Å². The third-order valence-corrected chi connectivity index (χ3v) is 3.66. The van der Waals surface area contributed by atoms with Gasteiger partial charge in [-0.25, -0.2) is 4.79 Å². The van der Waals surface area contributed by atoms with Gasteiger partial charge in [-0.15, -0.1) is 0 Å². The minimum atomic E-state index is -3.60. The number of hydrogen-bond acceptors (Lipinski definition) is 7. The molecule has 0 aromatic heterocycles. The highest BCUT2D eigenvalue weighted by Crippen LogP contribution is 2.17. The summed E-state index contributed by atoms with van der Waals surface area (Å²) in [6.07, 6.45) is 0.641. The summed E-state index contributed by atoms with van der Waals surface area (Å²) in [7, 11) is -3.60. The Morgan fingerprint density at radius 3 is 2.22 bits per heavy atom. The second-order valence-electron chi connectivity index (χ2n) is 6.97. The van der Waals surface area contributed by atoms with Crippen LogP contribution in [-0.4, -0.2) is 45.5 Å². The van der Waals surface area contributed by atoms with Gasteiger partial charge in [-0.2, -0.15) is 8.42 Å². The number of nitrogens with one attached hydrogen (secondary N) is 1. The molecule has 8 nitrogen and oxygen atoms in total. The number of hydrogen-bond donors (Lipinski definition) is 1. The smallest absolute Gasteiger partial charge is 0.407 e. The van der Waals surface area contributed by atoms with Gasteiger partial charge in [-0.3, -0.25) is 4.79 Å². The molecule has 9 heteroatoms. The lowest BCUT2D eigenvalue weighted by Crippen LogP contribution is -2.38.